The number of benzene rings is 1. The fraction of sp³-hybridized carbons (Fsp3) is 0.417. The molecule has 0 unspecified atom stereocenters. The Labute approximate surface area is 172 Å². The number of nitrogens with one attached hydrogen (secondary N) is 2. The molecule has 0 bridgehead atoms. The van der Waals surface area contributed by atoms with Gasteiger partial charge in [-0.15, -0.1) is 0 Å². The average Bonchev–Trinajstić information content (AvgIpc) is 3.09. The van der Waals surface area contributed by atoms with Crippen molar-refractivity contribution >= 4 is 11.5 Å². The summed E-state index contributed by atoms with van der Waals surface area (Å²) in [5, 5.41) is 2.98. The van der Waals surface area contributed by atoms with E-state index in [9.17, 15) is 9.59 Å². The van der Waals surface area contributed by atoms with E-state index in [2.05, 4.69) is 55.3 Å². The summed E-state index contributed by atoms with van der Waals surface area (Å²) in [6, 6.07) is 11.9. The van der Waals surface area contributed by atoms with Crippen LogP contribution in [0.4, 0.5) is 0 Å². The normalized spacial score (nSPS) is 17.3. The summed E-state index contributed by atoms with van der Waals surface area (Å²) in [5.74, 6) is 0.387. The summed E-state index contributed by atoms with van der Waals surface area (Å²) in [6.45, 7) is 9.05. The number of ether oxygens (including phenoxy) is 1. The second-order valence-electron chi connectivity index (χ2n) is 8.53. The predicted octanol–water partition coefficient (Wildman–Crippen LogP) is 4.17. The molecule has 3 rings (SSSR count). The number of aromatic amines is 1. The van der Waals surface area contributed by atoms with E-state index in [1.54, 1.807) is 6.07 Å². The van der Waals surface area contributed by atoms with Crippen molar-refractivity contribution in [3.8, 4) is 5.75 Å². The van der Waals surface area contributed by atoms with Gasteiger partial charge in [0.15, 0.2) is 5.75 Å². The van der Waals surface area contributed by atoms with Crippen LogP contribution in [0.5, 0.6) is 5.75 Å². The van der Waals surface area contributed by atoms with E-state index in [4.69, 9.17) is 4.74 Å². The Kier molecular flexibility index (Phi) is 6.26. The lowest BCUT2D eigenvalue weighted by Gasteiger charge is -2.20. The molecule has 0 radical (unpaired) electrons. The number of amides is 1. The molecule has 1 atom stereocenters. The molecule has 2 N–H and O–H groups in total. The molecule has 1 aromatic heterocycles. The standard InChI is InChI=1S/C24H30N2O3/c1-5-14-29-21-12-11-20(26-23(21)28)19(15-18-10-13-22(27)25-18)16-6-8-17(9-7-16)24(2,3)4/h6-9,11-12,15,18H,5,10,13-14H2,1-4H3,(H,25,27)(H,26,28)/b19-15-/t18-/m1/s1. The number of H-pyrrole nitrogens is 1. The van der Waals surface area contributed by atoms with Crippen LogP contribution in [0.2, 0.25) is 0 Å². The van der Waals surface area contributed by atoms with Gasteiger partial charge in [-0.2, -0.15) is 0 Å². The van der Waals surface area contributed by atoms with Crippen molar-refractivity contribution in [1.29, 1.82) is 0 Å². The lowest BCUT2D eigenvalue weighted by atomic mass is 9.86. The number of pyridine rings is 1. The maximum atomic E-state index is 12.5. The van der Waals surface area contributed by atoms with Crippen molar-refractivity contribution in [3.05, 3.63) is 69.6 Å². The fourth-order valence-corrected chi connectivity index (χ4v) is 3.40. The number of hydrogen-bond donors (Lipinski definition) is 2. The SMILES string of the molecule is CCCOc1ccc(/C(=C\[C@H]2CCC(=O)N2)c2ccc(C(C)(C)C)cc2)[nH]c1=O. The lowest BCUT2D eigenvalue weighted by Crippen LogP contribution is -2.23. The summed E-state index contributed by atoms with van der Waals surface area (Å²) in [5.41, 5.74) is 3.67. The van der Waals surface area contributed by atoms with Crippen molar-refractivity contribution in [1.82, 2.24) is 10.3 Å². The molecule has 1 amide bonds. The Bertz CT molecular complexity index is 949. The molecule has 1 fully saturated rings. The summed E-state index contributed by atoms with van der Waals surface area (Å²) < 4.78 is 5.51. The molecule has 1 aromatic carbocycles. The quantitative estimate of drug-likeness (QED) is 0.772. The van der Waals surface area contributed by atoms with Crippen LogP contribution in [0.15, 0.2) is 47.3 Å². The van der Waals surface area contributed by atoms with Gasteiger partial charge in [0.2, 0.25) is 5.91 Å². The van der Waals surface area contributed by atoms with Crippen LogP contribution < -0.4 is 15.6 Å². The predicted molar refractivity (Wildman–Crippen MR) is 116 cm³/mol. The van der Waals surface area contributed by atoms with Gasteiger partial charge in [0.05, 0.1) is 6.61 Å². The van der Waals surface area contributed by atoms with Crippen molar-refractivity contribution in [2.45, 2.75) is 58.4 Å². The largest absolute Gasteiger partial charge is 0.488 e. The monoisotopic (exact) mass is 394 g/mol. The number of aromatic nitrogens is 1. The van der Waals surface area contributed by atoms with Crippen LogP contribution in [-0.2, 0) is 10.2 Å². The van der Waals surface area contributed by atoms with Crippen LogP contribution in [0.3, 0.4) is 0 Å². The number of hydrogen-bond acceptors (Lipinski definition) is 3. The Morgan fingerprint density at radius 1 is 1.14 bits per heavy atom. The minimum atomic E-state index is -0.247. The third-order valence-corrected chi connectivity index (χ3v) is 5.08. The van der Waals surface area contributed by atoms with E-state index in [1.807, 2.05) is 19.1 Å². The van der Waals surface area contributed by atoms with Crippen molar-refractivity contribution in [2.75, 3.05) is 6.61 Å². The van der Waals surface area contributed by atoms with Crippen molar-refractivity contribution in [2.24, 2.45) is 0 Å². The molecule has 0 aliphatic carbocycles. The summed E-state index contributed by atoms with van der Waals surface area (Å²) in [7, 11) is 0. The first-order valence-electron chi connectivity index (χ1n) is 10.3. The fourth-order valence-electron chi connectivity index (χ4n) is 3.40. The molecule has 1 saturated heterocycles. The molecule has 1 aliphatic heterocycles. The van der Waals surface area contributed by atoms with Crippen molar-refractivity contribution in [3.63, 3.8) is 0 Å². The van der Waals surface area contributed by atoms with Gasteiger partial charge in [-0.1, -0.05) is 58.0 Å². The second kappa shape index (κ2) is 8.68. The molecule has 1 aliphatic rings. The highest BCUT2D eigenvalue weighted by Gasteiger charge is 2.21. The van der Waals surface area contributed by atoms with Crippen LogP contribution in [0.25, 0.3) is 5.57 Å². The van der Waals surface area contributed by atoms with Gasteiger partial charge in [-0.05, 0) is 41.5 Å². The van der Waals surface area contributed by atoms with E-state index >= 15 is 0 Å². The Morgan fingerprint density at radius 2 is 1.86 bits per heavy atom. The van der Waals surface area contributed by atoms with E-state index < -0.39 is 0 Å². The molecule has 29 heavy (non-hydrogen) atoms. The van der Waals surface area contributed by atoms with Crippen LogP contribution >= 0.6 is 0 Å². The Hall–Kier alpha value is -2.82. The molecular formula is C24H30N2O3. The smallest absolute Gasteiger partial charge is 0.290 e. The van der Waals surface area contributed by atoms with Gasteiger partial charge in [-0.25, -0.2) is 0 Å². The van der Waals surface area contributed by atoms with E-state index in [-0.39, 0.29) is 22.9 Å². The summed E-state index contributed by atoms with van der Waals surface area (Å²) in [4.78, 5) is 27.1. The zero-order valence-electron chi connectivity index (χ0n) is 17.7. The van der Waals surface area contributed by atoms with Gasteiger partial charge < -0.3 is 15.0 Å². The number of carbonyl (C=O) groups is 1. The zero-order valence-corrected chi connectivity index (χ0v) is 17.7. The van der Waals surface area contributed by atoms with Gasteiger partial charge in [0.1, 0.15) is 0 Å². The maximum absolute atomic E-state index is 12.5. The first-order valence-corrected chi connectivity index (χ1v) is 10.3. The highest BCUT2D eigenvalue weighted by atomic mass is 16.5. The first-order chi connectivity index (χ1) is 13.8. The second-order valence-corrected chi connectivity index (χ2v) is 8.53. The molecule has 5 nitrogen and oxygen atoms in total. The van der Waals surface area contributed by atoms with Gasteiger partial charge in [0, 0.05) is 23.7 Å². The zero-order chi connectivity index (χ0) is 21.0. The number of rotatable bonds is 6. The molecule has 0 saturated carbocycles. The van der Waals surface area contributed by atoms with Crippen LogP contribution in [0, 0.1) is 0 Å². The van der Waals surface area contributed by atoms with Gasteiger partial charge in [-0.3, -0.25) is 9.59 Å². The average molecular weight is 395 g/mol. The van der Waals surface area contributed by atoms with E-state index in [1.165, 1.54) is 5.56 Å². The van der Waals surface area contributed by atoms with Gasteiger partial charge >= 0.3 is 0 Å². The third kappa shape index (κ3) is 5.17. The minimum absolute atomic E-state index is 0.0423. The molecule has 0 spiro atoms. The Balaban J connectivity index is 2.00. The van der Waals surface area contributed by atoms with Gasteiger partial charge in [0.25, 0.3) is 5.56 Å². The summed E-state index contributed by atoms with van der Waals surface area (Å²) in [6.07, 6.45) is 4.16. The molecule has 2 heterocycles. The molecule has 2 aromatic rings. The van der Waals surface area contributed by atoms with Crippen LogP contribution in [-0.4, -0.2) is 23.5 Å². The number of carbonyl (C=O) groups excluding carboxylic acids is 1. The topological polar surface area (TPSA) is 71.2 Å². The summed E-state index contributed by atoms with van der Waals surface area (Å²) >= 11 is 0. The first kappa shape index (κ1) is 20.9. The molecular weight excluding hydrogens is 364 g/mol. The lowest BCUT2D eigenvalue weighted by molar-refractivity contribution is -0.119. The van der Waals surface area contributed by atoms with Crippen molar-refractivity contribution < 1.29 is 9.53 Å². The van der Waals surface area contributed by atoms with E-state index in [0.29, 0.717) is 24.5 Å². The highest BCUT2D eigenvalue weighted by molar-refractivity contribution is 5.82. The van der Waals surface area contributed by atoms with Crippen LogP contribution in [0.1, 0.15) is 63.8 Å². The highest BCUT2D eigenvalue weighted by Crippen LogP contribution is 2.28. The third-order valence-electron chi connectivity index (χ3n) is 5.08. The molecule has 154 valence electrons. The molecule has 5 heteroatoms. The maximum Gasteiger partial charge on any atom is 0.290 e. The Morgan fingerprint density at radius 3 is 2.41 bits per heavy atom. The minimum Gasteiger partial charge on any atom is -0.488 e. The van der Waals surface area contributed by atoms with E-state index in [0.717, 1.165) is 24.0 Å².